The van der Waals surface area contributed by atoms with Crippen LogP contribution in [-0.2, 0) is 6.54 Å². The zero-order valence-corrected chi connectivity index (χ0v) is 12.0. The number of rotatable bonds is 6. The molecule has 1 aliphatic carbocycles. The van der Waals surface area contributed by atoms with Crippen LogP contribution in [0.15, 0.2) is 30.3 Å². The van der Waals surface area contributed by atoms with Crippen LogP contribution >= 0.6 is 0 Å². The summed E-state index contributed by atoms with van der Waals surface area (Å²) < 4.78 is 25.3. The number of fused-ring (bicyclic) bond motifs is 1. The quantitative estimate of drug-likeness (QED) is 0.886. The van der Waals surface area contributed by atoms with Crippen LogP contribution in [0.1, 0.15) is 18.5 Å². The van der Waals surface area contributed by atoms with Gasteiger partial charge in [-0.15, -0.1) is 0 Å². The molecule has 1 aliphatic rings. The van der Waals surface area contributed by atoms with Gasteiger partial charge in [-0.2, -0.15) is 0 Å². The Labute approximate surface area is 123 Å². The maximum atomic E-state index is 12.7. The van der Waals surface area contributed by atoms with E-state index in [0.29, 0.717) is 18.4 Å². The molecule has 0 spiro atoms. The van der Waals surface area contributed by atoms with E-state index < -0.39 is 6.43 Å². The second-order valence-electron chi connectivity index (χ2n) is 5.59. The zero-order valence-electron chi connectivity index (χ0n) is 12.0. The first-order chi connectivity index (χ1) is 10.1. The molecule has 112 valence electrons. The molecular weight excluding hydrogens is 272 g/mol. The third-order valence-corrected chi connectivity index (χ3v) is 3.70. The van der Waals surface area contributed by atoms with Gasteiger partial charge >= 0.3 is 0 Å². The van der Waals surface area contributed by atoms with E-state index in [4.69, 9.17) is 0 Å². The highest BCUT2D eigenvalue weighted by Gasteiger charge is 2.21. The monoisotopic (exact) mass is 291 g/mol. The number of anilines is 1. The van der Waals surface area contributed by atoms with E-state index in [0.717, 1.165) is 16.5 Å². The summed E-state index contributed by atoms with van der Waals surface area (Å²) in [6.45, 7) is 0.377. The number of halogens is 2. The van der Waals surface area contributed by atoms with Gasteiger partial charge in [-0.25, -0.2) is 13.8 Å². The molecule has 1 fully saturated rings. The Morgan fingerprint density at radius 1 is 1.33 bits per heavy atom. The van der Waals surface area contributed by atoms with Gasteiger partial charge in [-0.3, -0.25) is 0 Å². The van der Waals surface area contributed by atoms with E-state index in [1.807, 2.05) is 30.3 Å². The summed E-state index contributed by atoms with van der Waals surface area (Å²) in [5, 5.41) is 5.37. The van der Waals surface area contributed by atoms with E-state index >= 15 is 0 Å². The van der Waals surface area contributed by atoms with Crippen molar-refractivity contribution >= 4 is 16.6 Å². The Morgan fingerprint density at radius 3 is 2.81 bits per heavy atom. The number of nitrogens with zero attached hydrogens (tertiary/aromatic N) is 2. The number of alkyl halides is 2. The molecule has 1 saturated carbocycles. The summed E-state index contributed by atoms with van der Waals surface area (Å²) in [6.07, 6.45) is 0.0565. The van der Waals surface area contributed by atoms with Gasteiger partial charge in [0.25, 0.3) is 6.43 Å². The molecule has 5 heteroatoms. The fourth-order valence-corrected chi connectivity index (χ4v) is 2.45. The molecule has 1 aromatic carbocycles. The number of aromatic nitrogens is 1. The van der Waals surface area contributed by atoms with E-state index in [1.165, 1.54) is 17.7 Å². The SMILES string of the molecule is CN(CC(F)F)c1nc(CNC2CC2)cc2ccccc12. The molecule has 1 aromatic heterocycles. The molecule has 2 aromatic rings. The molecule has 0 amide bonds. The van der Waals surface area contributed by atoms with E-state index in [1.54, 1.807) is 7.05 Å². The molecule has 1 N–H and O–H groups in total. The molecule has 0 unspecified atom stereocenters. The molecule has 0 atom stereocenters. The lowest BCUT2D eigenvalue weighted by Crippen LogP contribution is -2.26. The van der Waals surface area contributed by atoms with Crippen LogP contribution < -0.4 is 10.2 Å². The maximum Gasteiger partial charge on any atom is 0.255 e. The smallest absolute Gasteiger partial charge is 0.255 e. The molecule has 3 nitrogen and oxygen atoms in total. The predicted octanol–water partition coefficient (Wildman–Crippen LogP) is 3.19. The van der Waals surface area contributed by atoms with Crippen LogP contribution in [0, 0.1) is 0 Å². The Morgan fingerprint density at radius 2 is 2.10 bits per heavy atom. The normalized spacial score (nSPS) is 14.9. The second-order valence-corrected chi connectivity index (χ2v) is 5.59. The van der Waals surface area contributed by atoms with Crippen LogP contribution in [0.5, 0.6) is 0 Å². The van der Waals surface area contributed by atoms with Gasteiger partial charge in [-0.1, -0.05) is 24.3 Å². The molecule has 0 bridgehead atoms. The van der Waals surface area contributed by atoms with Gasteiger partial charge in [0.1, 0.15) is 5.82 Å². The van der Waals surface area contributed by atoms with Crippen molar-refractivity contribution < 1.29 is 8.78 Å². The van der Waals surface area contributed by atoms with Gasteiger partial charge in [-0.05, 0) is 24.3 Å². The summed E-state index contributed by atoms with van der Waals surface area (Å²) in [6, 6.07) is 10.4. The van der Waals surface area contributed by atoms with E-state index in [9.17, 15) is 8.78 Å². The van der Waals surface area contributed by atoms with Crippen LogP contribution in [0.2, 0.25) is 0 Å². The van der Waals surface area contributed by atoms with Crippen LogP contribution in [0.25, 0.3) is 10.8 Å². The fraction of sp³-hybridized carbons (Fsp3) is 0.438. The van der Waals surface area contributed by atoms with Crippen molar-refractivity contribution in [3.8, 4) is 0 Å². The van der Waals surface area contributed by atoms with Crippen molar-refractivity contribution in [2.45, 2.75) is 31.9 Å². The average molecular weight is 291 g/mol. The summed E-state index contributed by atoms with van der Waals surface area (Å²) in [5.41, 5.74) is 0.900. The van der Waals surface area contributed by atoms with E-state index in [-0.39, 0.29) is 6.54 Å². The topological polar surface area (TPSA) is 28.2 Å². The van der Waals surface area contributed by atoms with Gasteiger partial charge < -0.3 is 10.2 Å². The second kappa shape index (κ2) is 5.93. The largest absolute Gasteiger partial charge is 0.353 e. The molecule has 21 heavy (non-hydrogen) atoms. The number of pyridine rings is 1. The Bertz CT molecular complexity index is 626. The lowest BCUT2D eigenvalue weighted by molar-refractivity contribution is 0.156. The van der Waals surface area contributed by atoms with Gasteiger partial charge in [0.2, 0.25) is 0 Å². The van der Waals surface area contributed by atoms with Crippen LogP contribution in [0.3, 0.4) is 0 Å². The number of nitrogens with one attached hydrogen (secondary N) is 1. The van der Waals surface area contributed by atoms with Crippen LogP contribution in [-0.4, -0.2) is 31.0 Å². The first-order valence-corrected chi connectivity index (χ1v) is 7.25. The van der Waals surface area contributed by atoms with Crippen molar-refractivity contribution in [2.75, 3.05) is 18.5 Å². The predicted molar refractivity (Wildman–Crippen MR) is 80.9 cm³/mol. The molecule has 3 rings (SSSR count). The summed E-state index contributed by atoms with van der Waals surface area (Å²) >= 11 is 0. The number of hydrogen-bond acceptors (Lipinski definition) is 3. The van der Waals surface area contributed by atoms with Crippen LogP contribution in [0.4, 0.5) is 14.6 Å². The van der Waals surface area contributed by atoms with Crippen molar-refractivity contribution in [1.29, 1.82) is 0 Å². The molecule has 1 heterocycles. The minimum absolute atomic E-state index is 0.309. The molecule has 0 aliphatic heterocycles. The molecule has 0 saturated heterocycles. The highest BCUT2D eigenvalue weighted by Crippen LogP contribution is 2.26. The lowest BCUT2D eigenvalue weighted by Gasteiger charge is -2.20. The summed E-state index contributed by atoms with van der Waals surface area (Å²) in [7, 11) is 1.67. The third kappa shape index (κ3) is 3.47. The lowest BCUT2D eigenvalue weighted by atomic mass is 10.1. The molecule has 0 radical (unpaired) electrons. The fourth-order valence-electron chi connectivity index (χ4n) is 2.45. The maximum absolute atomic E-state index is 12.7. The third-order valence-electron chi connectivity index (χ3n) is 3.70. The highest BCUT2D eigenvalue weighted by atomic mass is 19.3. The Kier molecular flexibility index (Phi) is 4.01. The summed E-state index contributed by atoms with van der Waals surface area (Å²) in [5.74, 6) is 0.626. The minimum Gasteiger partial charge on any atom is -0.353 e. The van der Waals surface area contributed by atoms with E-state index in [2.05, 4.69) is 10.3 Å². The van der Waals surface area contributed by atoms with Crippen molar-refractivity contribution in [2.24, 2.45) is 0 Å². The first-order valence-electron chi connectivity index (χ1n) is 7.25. The average Bonchev–Trinajstić information content (AvgIpc) is 3.27. The standard InChI is InChI=1S/C16H19F2N3/c1-21(10-15(17)18)16-14-5-3-2-4-11(14)8-13(20-16)9-19-12-6-7-12/h2-5,8,12,15,19H,6-7,9-10H2,1H3. The minimum atomic E-state index is -2.37. The number of benzene rings is 1. The number of hydrogen-bond donors (Lipinski definition) is 1. The Hall–Kier alpha value is -1.75. The van der Waals surface area contributed by atoms with Gasteiger partial charge in [0.15, 0.2) is 0 Å². The molecular formula is C16H19F2N3. The highest BCUT2D eigenvalue weighted by molar-refractivity contribution is 5.92. The Balaban J connectivity index is 1.93. The first kappa shape index (κ1) is 14.2. The van der Waals surface area contributed by atoms with Gasteiger partial charge in [0, 0.05) is 25.0 Å². The van der Waals surface area contributed by atoms with Crippen molar-refractivity contribution in [1.82, 2.24) is 10.3 Å². The summed E-state index contributed by atoms with van der Waals surface area (Å²) in [4.78, 5) is 6.12. The van der Waals surface area contributed by atoms with Gasteiger partial charge in [0.05, 0.1) is 12.2 Å². The zero-order chi connectivity index (χ0) is 14.8. The van der Waals surface area contributed by atoms with Crippen molar-refractivity contribution in [3.63, 3.8) is 0 Å². The van der Waals surface area contributed by atoms with Crippen molar-refractivity contribution in [3.05, 3.63) is 36.0 Å².